The van der Waals surface area contributed by atoms with Gasteiger partial charge in [0.15, 0.2) is 0 Å². The van der Waals surface area contributed by atoms with E-state index in [-0.39, 0.29) is 0 Å². The minimum absolute atomic E-state index is 0.702. The van der Waals surface area contributed by atoms with Gasteiger partial charge in [-0.1, -0.05) is 13.8 Å². The Hall–Kier alpha value is -0.440. The van der Waals surface area contributed by atoms with Crippen LogP contribution in [0, 0.1) is 5.92 Å². The quantitative estimate of drug-likeness (QED) is 0.0477. The Morgan fingerprint density at radius 2 is 0.622 bits per heavy atom. The van der Waals surface area contributed by atoms with E-state index >= 15 is 0 Å². The largest absolute Gasteiger partial charge is 0.330 e. The van der Waals surface area contributed by atoms with Gasteiger partial charge in [-0.25, -0.2) is 0 Å². The van der Waals surface area contributed by atoms with E-state index < -0.39 is 0 Å². The molecule has 0 aliphatic carbocycles. The number of nitrogens with zero attached hydrogens (tertiary/aromatic N) is 4. The second-order valence-corrected chi connectivity index (χ2v) is 13.2. The normalized spacial score (nSPS) is 12.3. The van der Waals surface area contributed by atoms with Gasteiger partial charge in [0, 0.05) is 6.54 Å². The summed E-state index contributed by atoms with van der Waals surface area (Å²) in [5, 5.41) is 7.26. The molecular formula is C34H81N11. The zero-order valence-corrected chi connectivity index (χ0v) is 30.2. The molecule has 0 saturated heterocycles. The number of nitrogens with two attached hydrogens (primary N) is 5. The maximum Gasteiger partial charge on any atom is 0.000440 e. The summed E-state index contributed by atoms with van der Waals surface area (Å²) in [5.41, 5.74) is 28.9. The van der Waals surface area contributed by atoms with E-state index in [1.165, 1.54) is 38.6 Å². The lowest BCUT2D eigenvalue weighted by molar-refractivity contribution is 0.204. The van der Waals surface area contributed by atoms with Crippen LogP contribution in [0.5, 0.6) is 0 Å². The van der Waals surface area contributed by atoms with Crippen molar-refractivity contribution in [1.82, 2.24) is 30.2 Å². The molecule has 45 heavy (non-hydrogen) atoms. The molecular weight excluding hydrogens is 562 g/mol. The Balaban J connectivity index is 4.63. The smallest absolute Gasteiger partial charge is 0.000440 e. The molecule has 0 aliphatic heterocycles. The summed E-state index contributed by atoms with van der Waals surface area (Å²) >= 11 is 0. The fourth-order valence-corrected chi connectivity index (χ4v) is 5.87. The molecule has 0 aliphatic rings. The zero-order valence-electron chi connectivity index (χ0n) is 30.2. The van der Waals surface area contributed by atoms with Crippen molar-refractivity contribution in [3.05, 3.63) is 0 Å². The van der Waals surface area contributed by atoms with Crippen LogP contribution in [0.4, 0.5) is 0 Å². The number of hydrogen-bond acceptors (Lipinski definition) is 11. The summed E-state index contributed by atoms with van der Waals surface area (Å²) in [7, 11) is 0. The highest BCUT2D eigenvalue weighted by molar-refractivity contribution is 4.68. The van der Waals surface area contributed by atoms with Crippen LogP contribution in [0.2, 0.25) is 0 Å². The van der Waals surface area contributed by atoms with E-state index in [1.54, 1.807) is 0 Å². The molecule has 0 rings (SSSR count). The number of hydrogen-bond donors (Lipinski definition) is 7. The van der Waals surface area contributed by atoms with E-state index in [0.29, 0.717) is 5.92 Å². The van der Waals surface area contributed by atoms with Crippen molar-refractivity contribution in [1.29, 1.82) is 0 Å². The highest BCUT2D eigenvalue weighted by Gasteiger charge is 2.11. The minimum Gasteiger partial charge on any atom is -0.330 e. The molecule has 0 unspecified atom stereocenters. The Morgan fingerprint density at radius 3 is 0.956 bits per heavy atom. The van der Waals surface area contributed by atoms with Gasteiger partial charge < -0.3 is 58.9 Å². The molecule has 0 aromatic rings. The van der Waals surface area contributed by atoms with E-state index in [2.05, 4.69) is 44.1 Å². The summed E-state index contributed by atoms with van der Waals surface area (Å²) in [6.07, 6.45) is 11.3. The van der Waals surface area contributed by atoms with Gasteiger partial charge in [-0.05, 0) is 201 Å². The lowest BCUT2D eigenvalue weighted by Crippen LogP contribution is -2.36. The summed E-state index contributed by atoms with van der Waals surface area (Å²) < 4.78 is 0. The van der Waals surface area contributed by atoms with Gasteiger partial charge in [-0.3, -0.25) is 0 Å². The van der Waals surface area contributed by atoms with E-state index in [1.807, 2.05) is 0 Å². The van der Waals surface area contributed by atoms with Crippen molar-refractivity contribution in [3.8, 4) is 0 Å². The molecule has 272 valence electrons. The van der Waals surface area contributed by atoms with Gasteiger partial charge >= 0.3 is 0 Å². The van der Waals surface area contributed by atoms with Gasteiger partial charge in [0.05, 0.1) is 0 Å². The first-order valence-corrected chi connectivity index (χ1v) is 18.8. The first kappa shape index (κ1) is 44.6. The van der Waals surface area contributed by atoms with Crippen LogP contribution in [0.1, 0.15) is 78.1 Å². The molecule has 0 atom stereocenters. The number of nitrogens with one attached hydrogen (secondary N) is 2. The van der Waals surface area contributed by atoms with Gasteiger partial charge in [-0.2, -0.15) is 0 Å². The Labute approximate surface area is 280 Å². The first-order chi connectivity index (χ1) is 22.0. The minimum atomic E-state index is 0.702. The standard InChI is InChI=1S/C34H81N11/c1-34(2)33-45(25-7-17-39)28-10-21-41-20-9-27-44(26-8-19-40-18-3-13-35)32-12-31-43(24-6-16-38)30-11-29-42(22-4-14-36)23-5-15-37/h34,40-41H,3-33,35-39H2,1-2H3. The van der Waals surface area contributed by atoms with Crippen molar-refractivity contribution >= 4 is 0 Å². The van der Waals surface area contributed by atoms with Crippen LogP contribution < -0.4 is 39.3 Å². The van der Waals surface area contributed by atoms with Crippen LogP contribution in [0.25, 0.3) is 0 Å². The van der Waals surface area contributed by atoms with Crippen LogP contribution in [-0.4, -0.2) is 157 Å². The molecule has 0 heterocycles. The molecule has 0 fully saturated rings. The fourth-order valence-electron chi connectivity index (χ4n) is 5.87. The van der Waals surface area contributed by atoms with Crippen LogP contribution >= 0.6 is 0 Å². The second-order valence-electron chi connectivity index (χ2n) is 13.2. The van der Waals surface area contributed by atoms with Crippen molar-refractivity contribution in [2.24, 2.45) is 34.6 Å². The summed E-state index contributed by atoms with van der Waals surface area (Å²) in [5.74, 6) is 0.702. The van der Waals surface area contributed by atoms with Crippen LogP contribution in [0.15, 0.2) is 0 Å². The van der Waals surface area contributed by atoms with Crippen molar-refractivity contribution in [3.63, 3.8) is 0 Å². The average Bonchev–Trinajstić information content (AvgIpc) is 3.03. The second kappa shape index (κ2) is 34.9. The predicted octanol–water partition coefficient (Wildman–Crippen LogP) is 0.724. The van der Waals surface area contributed by atoms with Gasteiger partial charge in [0.25, 0.3) is 0 Å². The summed E-state index contributed by atoms with van der Waals surface area (Å²) in [6, 6.07) is 0. The maximum atomic E-state index is 5.90. The SMILES string of the molecule is CC(C)CN(CCCN)CCCNCCCN(CCCNCCCN)CCCN(CCCN)CCCN(CCCN)CCCN. The van der Waals surface area contributed by atoms with Crippen LogP contribution in [-0.2, 0) is 0 Å². The molecule has 0 amide bonds. The summed E-state index contributed by atoms with van der Waals surface area (Å²) in [6.45, 7) is 26.3. The topological polar surface area (TPSA) is 167 Å². The average molecular weight is 644 g/mol. The third-order valence-electron chi connectivity index (χ3n) is 8.28. The Morgan fingerprint density at radius 1 is 0.356 bits per heavy atom. The third kappa shape index (κ3) is 30.6. The van der Waals surface area contributed by atoms with E-state index in [0.717, 1.165) is 163 Å². The Bertz CT molecular complexity index is 562. The van der Waals surface area contributed by atoms with Gasteiger partial charge in [0.1, 0.15) is 0 Å². The molecule has 0 bridgehead atoms. The van der Waals surface area contributed by atoms with Crippen molar-refractivity contribution in [2.45, 2.75) is 78.1 Å². The molecule has 0 aromatic heterocycles. The number of rotatable bonds is 37. The lowest BCUT2D eigenvalue weighted by Gasteiger charge is -2.27. The molecule has 0 aromatic carbocycles. The molecule has 11 heteroatoms. The van der Waals surface area contributed by atoms with E-state index in [9.17, 15) is 0 Å². The predicted molar refractivity (Wildman–Crippen MR) is 198 cm³/mol. The molecule has 0 spiro atoms. The molecule has 0 saturated carbocycles. The lowest BCUT2D eigenvalue weighted by atomic mass is 10.2. The monoisotopic (exact) mass is 644 g/mol. The molecule has 11 nitrogen and oxygen atoms in total. The Kier molecular flexibility index (Phi) is 34.5. The highest BCUT2D eigenvalue weighted by atomic mass is 15.2. The molecule has 12 N–H and O–H groups in total. The summed E-state index contributed by atoms with van der Waals surface area (Å²) in [4.78, 5) is 10.5. The van der Waals surface area contributed by atoms with Gasteiger partial charge in [-0.15, -0.1) is 0 Å². The zero-order chi connectivity index (χ0) is 33.2. The fraction of sp³-hybridized carbons (Fsp3) is 1.00. The van der Waals surface area contributed by atoms with Gasteiger partial charge in [0.2, 0.25) is 0 Å². The van der Waals surface area contributed by atoms with Crippen LogP contribution in [0.3, 0.4) is 0 Å². The first-order valence-electron chi connectivity index (χ1n) is 18.8. The van der Waals surface area contributed by atoms with E-state index in [4.69, 9.17) is 28.7 Å². The third-order valence-corrected chi connectivity index (χ3v) is 8.28. The maximum absolute atomic E-state index is 5.90. The highest BCUT2D eigenvalue weighted by Crippen LogP contribution is 2.04. The molecule has 0 radical (unpaired) electrons. The van der Waals surface area contributed by atoms with Crippen molar-refractivity contribution < 1.29 is 0 Å². The van der Waals surface area contributed by atoms with Crippen molar-refractivity contribution in [2.75, 3.05) is 137 Å².